The van der Waals surface area contributed by atoms with Crippen molar-refractivity contribution in [3.05, 3.63) is 64.2 Å². The molecule has 152 valence electrons. The standard InChI is InChI=1S/C19H14F4N2O3S/c1-2-13(17(27)28)25-14-7-6-11(19(21,22)23)9-15(14)29-18(25)24-16(26)10-4-3-5-12(20)8-10/h3-9,13H,2H2,1H3,(H,27,28)/b24-18-. The van der Waals surface area contributed by atoms with Crippen LogP contribution in [0.3, 0.4) is 0 Å². The number of carbonyl (C=O) groups is 2. The maximum absolute atomic E-state index is 13.4. The number of hydrogen-bond donors (Lipinski definition) is 1. The molecular weight excluding hydrogens is 412 g/mol. The maximum Gasteiger partial charge on any atom is 0.416 e. The van der Waals surface area contributed by atoms with E-state index in [1.807, 2.05) is 0 Å². The maximum atomic E-state index is 13.4. The van der Waals surface area contributed by atoms with Crippen LogP contribution in [0.25, 0.3) is 10.2 Å². The fourth-order valence-electron chi connectivity index (χ4n) is 2.84. The van der Waals surface area contributed by atoms with Gasteiger partial charge in [-0.25, -0.2) is 9.18 Å². The largest absolute Gasteiger partial charge is 0.480 e. The number of carbonyl (C=O) groups excluding carboxylic acids is 1. The summed E-state index contributed by atoms with van der Waals surface area (Å²) in [6.07, 6.45) is -4.46. The van der Waals surface area contributed by atoms with E-state index in [-0.39, 0.29) is 27.0 Å². The van der Waals surface area contributed by atoms with Gasteiger partial charge in [0, 0.05) is 5.56 Å². The Kier molecular flexibility index (Phi) is 5.56. The fraction of sp³-hybridized carbons (Fsp3) is 0.211. The molecule has 3 aromatic rings. The van der Waals surface area contributed by atoms with Crippen LogP contribution in [0.5, 0.6) is 0 Å². The van der Waals surface area contributed by atoms with E-state index in [4.69, 9.17) is 0 Å². The van der Waals surface area contributed by atoms with E-state index in [9.17, 15) is 32.3 Å². The Morgan fingerprint density at radius 1 is 1.21 bits per heavy atom. The van der Waals surface area contributed by atoms with Crippen molar-refractivity contribution < 1.29 is 32.3 Å². The van der Waals surface area contributed by atoms with Crippen LogP contribution in [0.1, 0.15) is 35.3 Å². The van der Waals surface area contributed by atoms with E-state index < -0.39 is 35.5 Å². The molecule has 1 atom stereocenters. The highest BCUT2D eigenvalue weighted by Gasteiger charge is 2.31. The van der Waals surface area contributed by atoms with Crippen molar-refractivity contribution in [2.75, 3.05) is 0 Å². The molecule has 2 aromatic carbocycles. The van der Waals surface area contributed by atoms with Gasteiger partial charge in [0.05, 0.1) is 15.8 Å². The fourth-order valence-corrected chi connectivity index (χ4v) is 3.95. The summed E-state index contributed by atoms with van der Waals surface area (Å²) in [4.78, 5) is 27.9. The minimum atomic E-state index is -4.57. The third kappa shape index (κ3) is 4.21. The normalized spacial score (nSPS) is 13.6. The Bertz CT molecular complexity index is 1160. The summed E-state index contributed by atoms with van der Waals surface area (Å²) >= 11 is 0.761. The van der Waals surface area contributed by atoms with Crippen LogP contribution >= 0.6 is 11.3 Å². The van der Waals surface area contributed by atoms with Crippen molar-refractivity contribution in [3.63, 3.8) is 0 Å². The first-order chi connectivity index (χ1) is 13.6. The molecule has 0 aliphatic rings. The first-order valence-corrected chi connectivity index (χ1v) is 9.23. The zero-order chi connectivity index (χ0) is 21.3. The van der Waals surface area contributed by atoms with Crippen LogP contribution in [0.15, 0.2) is 47.5 Å². The number of rotatable bonds is 4. The molecule has 0 saturated heterocycles. The molecule has 0 radical (unpaired) electrons. The topological polar surface area (TPSA) is 71.7 Å². The van der Waals surface area contributed by atoms with Gasteiger partial charge in [-0.3, -0.25) is 4.79 Å². The Morgan fingerprint density at radius 3 is 2.52 bits per heavy atom. The van der Waals surface area contributed by atoms with Crippen LogP contribution < -0.4 is 4.80 Å². The number of thiazole rings is 1. The van der Waals surface area contributed by atoms with E-state index in [0.29, 0.717) is 0 Å². The number of nitrogens with zero attached hydrogens (tertiary/aromatic N) is 2. The third-order valence-corrected chi connectivity index (χ3v) is 5.22. The van der Waals surface area contributed by atoms with Crippen LogP contribution in [-0.4, -0.2) is 21.6 Å². The predicted octanol–water partition coefficient (Wildman–Crippen LogP) is 4.64. The number of hydrogen-bond acceptors (Lipinski definition) is 3. The lowest BCUT2D eigenvalue weighted by molar-refractivity contribution is -0.141. The van der Waals surface area contributed by atoms with Crippen LogP contribution in [0, 0.1) is 5.82 Å². The van der Waals surface area contributed by atoms with Crippen molar-refractivity contribution in [1.29, 1.82) is 0 Å². The SMILES string of the molecule is CCC(C(=O)O)n1/c(=N/C(=O)c2cccc(F)c2)sc2cc(C(F)(F)F)ccc21. The van der Waals surface area contributed by atoms with Crippen LogP contribution in [-0.2, 0) is 11.0 Å². The minimum absolute atomic E-state index is 0.0617. The lowest BCUT2D eigenvalue weighted by Gasteiger charge is -2.14. The molecule has 0 fully saturated rings. The molecule has 1 N–H and O–H groups in total. The van der Waals surface area contributed by atoms with Gasteiger partial charge in [-0.15, -0.1) is 0 Å². The highest BCUT2D eigenvalue weighted by Crippen LogP contribution is 2.33. The van der Waals surface area contributed by atoms with Gasteiger partial charge in [0.25, 0.3) is 5.91 Å². The molecule has 10 heteroatoms. The van der Waals surface area contributed by atoms with Gasteiger partial charge in [0.1, 0.15) is 11.9 Å². The van der Waals surface area contributed by atoms with E-state index in [0.717, 1.165) is 41.7 Å². The van der Waals surface area contributed by atoms with Gasteiger partial charge in [-0.1, -0.05) is 24.3 Å². The lowest BCUT2D eigenvalue weighted by atomic mass is 10.2. The monoisotopic (exact) mass is 426 g/mol. The molecule has 0 bridgehead atoms. The number of aromatic nitrogens is 1. The molecule has 1 unspecified atom stereocenters. The zero-order valence-electron chi connectivity index (χ0n) is 14.9. The second-order valence-corrected chi connectivity index (χ2v) is 7.13. The summed E-state index contributed by atoms with van der Waals surface area (Å²) < 4.78 is 53.8. The predicted molar refractivity (Wildman–Crippen MR) is 98.1 cm³/mol. The molecular formula is C19H14F4N2O3S. The highest BCUT2D eigenvalue weighted by atomic mass is 32.1. The Balaban J connectivity index is 2.26. The molecule has 1 amide bonds. The third-order valence-electron chi connectivity index (χ3n) is 4.21. The average Bonchev–Trinajstić information content (AvgIpc) is 2.98. The Hall–Kier alpha value is -3.01. The Morgan fingerprint density at radius 2 is 1.93 bits per heavy atom. The summed E-state index contributed by atoms with van der Waals surface area (Å²) in [5, 5.41) is 9.53. The van der Waals surface area contributed by atoms with Crippen molar-refractivity contribution >= 4 is 33.4 Å². The first kappa shape index (κ1) is 20.7. The van der Waals surface area contributed by atoms with Crippen molar-refractivity contribution in [2.24, 2.45) is 4.99 Å². The number of aliphatic carboxylic acids is 1. The zero-order valence-corrected chi connectivity index (χ0v) is 15.7. The van der Waals surface area contributed by atoms with Gasteiger partial charge in [0.15, 0.2) is 4.80 Å². The molecule has 0 spiro atoms. The minimum Gasteiger partial charge on any atom is -0.480 e. The molecule has 1 aromatic heterocycles. The van der Waals surface area contributed by atoms with Crippen molar-refractivity contribution in [1.82, 2.24) is 4.57 Å². The second kappa shape index (κ2) is 7.78. The quantitative estimate of drug-likeness (QED) is 0.618. The Labute approximate surface area is 165 Å². The number of alkyl halides is 3. The van der Waals surface area contributed by atoms with Crippen LogP contribution in [0.4, 0.5) is 17.6 Å². The van der Waals surface area contributed by atoms with Gasteiger partial charge in [0.2, 0.25) is 0 Å². The number of benzene rings is 2. The first-order valence-electron chi connectivity index (χ1n) is 8.41. The number of amides is 1. The summed E-state index contributed by atoms with van der Waals surface area (Å²) in [6.45, 7) is 1.59. The van der Waals surface area contributed by atoms with Gasteiger partial charge in [-0.2, -0.15) is 18.2 Å². The van der Waals surface area contributed by atoms with E-state index in [1.54, 1.807) is 6.92 Å². The summed E-state index contributed by atoms with van der Waals surface area (Å²) in [5.74, 6) is -2.70. The molecule has 29 heavy (non-hydrogen) atoms. The van der Waals surface area contributed by atoms with Gasteiger partial charge < -0.3 is 9.67 Å². The molecule has 0 aliphatic heterocycles. The lowest BCUT2D eigenvalue weighted by Crippen LogP contribution is -2.27. The number of fused-ring (bicyclic) bond motifs is 1. The number of carboxylic acid groups (broad SMARTS) is 1. The second-order valence-electron chi connectivity index (χ2n) is 6.12. The molecule has 1 heterocycles. The highest BCUT2D eigenvalue weighted by molar-refractivity contribution is 7.16. The summed E-state index contributed by atoms with van der Waals surface area (Å²) in [5.41, 5.74) is -0.749. The molecule has 0 saturated carbocycles. The van der Waals surface area contributed by atoms with Gasteiger partial charge in [-0.05, 0) is 42.8 Å². The summed E-state index contributed by atoms with van der Waals surface area (Å²) in [7, 11) is 0. The van der Waals surface area contributed by atoms with Crippen molar-refractivity contribution in [3.8, 4) is 0 Å². The number of carboxylic acids is 1. The molecule has 3 rings (SSSR count). The molecule has 5 nitrogen and oxygen atoms in total. The van der Waals surface area contributed by atoms with E-state index in [2.05, 4.69) is 4.99 Å². The van der Waals surface area contributed by atoms with E-state index in [1.165, 1.54) is 16.7 Å². The van der Waals surface area contributed by atoms with Crippen molar-refractivity contribution in [2.45, 2.75) is 25.6 Å². The van der Waals surface area contributed by atoms with E-state index >= 15 is 0 Å². The summed E-state index contributed by atoms with van der Waals surface area (Å²) in [6, 6.07) is 6.52. The van der Waals surface area contributed by atoms with Crippen LogP contribution in [0.2, 0.25) is 0 Å². The van der Waals surface area contributed by atoms with Gasteiger partial charge >= 0.3 is 12.1 Å². The molecule has 0 aliphatic carbocycles. The average molecular weight is 426 g/mol. The number of halogens is 4. The smallest absolute Gasteiger partial charge is 0.416 e.